The minimum atomic E-state index is -0.933. The summed E-state index contributed by atoms with van der Waals surface area (Å²) < 4.78 is 0. The van der Waals surface area contributed by atoms with E-state index >= 15 is 0 Å². The highest BCUT2D eigenvalue weighted by Crippen LogP contribution is 2.29. The third-order valence-corrected chi connectivity index (χ3v) is 3.39. The van der Waals surface area contributed by atoms with E-state index in [9.17, 15) is 4.79 Å². The highest BCUT2D eigenvalue weighted by Gasteiger charge is 2.11. The molecule has 0 fully saturated rings. The zero-order valence-electron chi connectivity index (χ0n) is 10.5. The molecule has 2 N–H and O–H groups in total. The monoisotopic (exact) mass is 251 g/mol. The van der Waals surface area contributed by atoms with Crippen molar-refractivity contribution in [3.05, 3.63) is 59.8 Å². The van der Waals surface area contributed by atoms with E-state index < -0.39 is 5.97 Å². The van der Waals surface area contributed by atoms with Crippen LogP contribution in [0.1, 0.15) is 16.1 Å². The van der Waals surface area contributed by atoms with Crippen LogP contribution in [-0.4, -0.2) is 16.1 Å². The number of fused-ring (bicyclic) bond motifs is 1. The molecule has 1 heterocycles. The number of H-pyrrole nitrogens is 1. The first-order chi connectivity index (χ1) is 9.16. The van der Waals surface area contributed by atoms with E-state index in [1.165, 1.54) is 0 Å². The molecular weight excluding hydrogens is 238 g/mol. The van der Waals surface area contributed by atoms with Gasteiger partial charge in [-0.3, -0.25) is 0 Å². The van der Waals surface area contributed by atoms with E-state index in [1.807, 2.05) is 37.3 Å². The number of carboxylic acid groups (broad SMARTS) is 1. The fraction of sp³-hybridized carbons (Fsp3) is 0.0625. The Balaban J connectivity index is 2.24. The minimum absolute atomic E-state index is 0.225. The molecule has 94 valence electrons. The number of hydrogen-bond donors (Lipinski definition) is 2. The van der Waals surface area contributed by atoms with E-state index in [0.29, 0.717) is 0 Å². The average Bonchev–Trinajstić information content (AvgIpc) is 2.85. The largest absolute Gasteiger partial charge is 0.477 e. The number of aryl methyl sites for hydroxylation is 1. The molecular formula is C16H13NO2. The van der Waals surface area contributed by atoms with Crippen molar-refractivity contribution in [1.29, 1.82) is 0 Å². The zero-order chi connectivity index (χ0) is 13.4. The Morgan fingerprint density at radius 2 is 1.84 bits per heavy atom. The molecule has 3 rings (SSSR count). The van der Waals surface area contributed by atoms with Gasteiger partial charge in [-0.05, 0) is 35.7 Å². The molecule has 0 radical (unpaired) electrons. The van der Waals surface area contributed by atoms with Gasteiger partial charge in [0.15, 0.2) is 0 Å². The Morgan fingerprint density at radius 1 is 1.11 bits per heavy atom. The third kappa shape index (κ3) is 1.89. The number of nitrogens with one attached hydrogen (secondary N) is 1. The summed E-state index contributed by atoms with van der Waals surface area (Å²) in [7, 11) is 0. The Bertz CT molecular complexity index is 757. The fourth-order valence-electron chi connectivity index (χ4n) is 2.39. The van der Waals surface area contributed by atoms with Crippen molar-refractivity contribution in [2.45, 2.75) is 6.92 Å². The number of aromatic amines is 1. The summed E-state index contributed by atoms with van der Waals surface area (Å²) >= 11 is 0. The van der Waals surface area contributed by atoms with Crippen molar-refractivity contribution >= 4 is 16.9 Å². The van der Waals surface area contributed by atoms with Gasteiger partial charge in [0, 0.05) is 10.9 Å². The second kappa shape index (κ2) is 4.28. The summed E-state index contributed by atoms with van der Waals surface area (Å²) in [6.07, 6.45) is 0. The molecule has 3 nitrogen and oxygen atoms in total. The van der Waals surface area contributed by atoms with Crippen LogP contribution in [0.4, 0.5) is 0 Å². The number of carbonyl (C=O) groups is 1. The Kier molecular flexibility index (Phi) is 2.60. The van der Waals surface area contributed by atoms with Gasteiger partial charge in [-0.25, -0.2) is 4.79 Å². The molecule has 0 saturated heterocycles. The molecule has 0 saturated carbocycles. The molecule has 1 aromatic heterocycles. The molecule has 0 aliphatic rings. The van der Waals surface area contributed by atoms with Gasteiger partial charge in [-0.2, -0.15) is 0 Å². The molecule has 0 unspecified atom stereocenters. The average molecular weight is 251 g/mol. The minimum Gasteiger partial charge on any atom is -0.477 e. The van der Waals surface area contributed by atoms with Crippen LogP contribution in [0.2, 0.25) is 0 Å². The summed E-state index contributed by atoms with van der Waals surface area (Å²) in [5.41, 5.74) is 4.44. The fourth-order valence-corrected chi connectivity index (χ4v) is 2.39. The molecule has 3 aromatic rings. The van der Waals surface area contributed by atoms with Gasteiger partial charge in [-0.15, -0.1) is 0 Å². The molecule has 3 heteroatoms. The van der Waals surface area contributed by atoms with Crippen LogP contribution in [0.25, 0.3) is 22.0 Å². The molecule has 0 aliphatic carbocycles. The lowest BCUT2D eigenvalue weighted by atomic mass is 9.98. The third-order valence-electron chi connectivity index (χ3n) is 3.39. The summed E-state index contributed by atoms with van der Waals surface area (Å²) in [4.78, 5) is 13.9. The summed E-state index contributed by atoms with van der Waals surface area (Å²) in [6, 6.07) is 15.7. The molecule has 0 spiro atoms. The Morgan fingerprint density at radius 3 is 2.53 bits per heavy atom. The van der Waals surface area contributed by atoms with Crippen molar-refractivity contribution in [2.24, 2.45) is 0 Å². The number of carboxylic acids is 1. The molecule has 19 heavy (non-hydrogen) atoms. The molecule has 2 aromatic carbocycles. The smallest absolute Gasteiger partial charge is 0.352 e. The number of benzene rings is 2. The van der Waals surface area contributed by atoms with E-state index in [-0.39, 0.29) is 5.69 Å². The first-order valence-corrected chi connectivity index (χ1v) is 6.08. The van der Waals surface area contributed by atoms with Crippen LogP contribution >= 0.6 is 0 Å². The van der Waals surface area contributed by atoms with E-state index in [2.05, 4.69) is 17.1 Å². The van der Waals surface area contributed by atoms with Crippen LogP contribution in [0, 0.1) is 6.92 Å². The Hall–Kier alpha value is -2.55. The van der Waals surface area contributed by atoms with Crippen LogP contribution in [0.3, 0.4) is 0 Å². The maximum atomic E-state index is 11.0. The van der Waals surface area contributed by atoms with E-state index in [4.69, 9.17) is 5.11 Å². The first-order valence-electron chi connectivity index (χ1n) is 6.08. The van der Waals surface area contributed by atoms with Crippen molar-refractivity contribution in [3.63, 3.8) is 0 Å². The second-order valence-corrected chi connectivity index (χ2v) is 4.55. The standard InChI is InChI=1S/C16H13NO2/c1-10-12(11-5-3-2-4-6-11)7-8-14-13(10)9-15(17-14)16(18)19/h2-9,17H,1H3,(H,18,19). The first kappa shape index (κ1) is 11.5. The normalized spacial score (nSPS) is 10.8. The number of hydrogen-bond acceptors (Lipinski definition) is 1. The van der Waals surface area contributed by atoms with Gasteiger partial charge >= 0.3 is 5.97 Å². The zero-order valence-corrected chi connectivity index (χ0v) is 10.5. The van der Waals surface area contributed by atoms with E-state index in [1.54, 1.807) is 6.07 Å². The van der Waals surface area contributed by atoms with Crippen LogP contribution in [0.5, 0.6) is 0 Å². The van der Waals surface area contributed by atoms with Gasteiger partial charge in [0.1, 0.15) is 5.69 Å². The highest BCUT2D eigenvalue weighted by molar-refractivity contribution is 5.97. The van der Waals surface area contributed by atoms with Crippen LogP contribution < -0.4 is 0 Å². The number of rotatable bonds is 2. The maximum absolute atomic E-state index is 11.0. The molecule has 0 bridgehead atoms. The maximum Gasteiger partial charge on any atom is 0.352 e. The highest BCUT2D eigenvalue weighted by atomic mass is 16.4. The molecule has 0 atom stereocenters. The van der Waals surface area contributed by atoms with Crippen LogP contribution in [-0.2, 0) is 0 Å². The predicted molar refractivity (Wildman–Crippen MR) is 75.4 cm³/mol. The van der Waals surface area contributed by atoms with E-state index in [0.717, 1.165) is 27.6 Å². The summed E-state index contributed by atoms with van der Waals surface area (Å²) in [5.74, 6) is -0.933. The topological polar surface area (TPSA) is 53.1 Å². The lowest BCUT2D eigenvalue weighted by Gasteiger charge is -2.06. The van der Waals surface area contributed by atoms with Gasteiger partial charge in [-0.1, -0.05) is 36.4 Å². The SMILES string of the molecule is Cc1c(-c2ccccc2)ccc2[nH]c(C(=O)O)cc12. The van der Waals surface area contributed by atoms with Gasteiger partial charge < -0.3 is 10.1 Å². The van der Waals surface area contributed by atoms with Crippen LogP contribution in [0.15, 0.2) is 48.5 Å². The number of aromatic carboxylic acids is 1. The lowest BCUT2D eigenvalue weighted by molar-refractivity contribution is 0.0691. The summed E-state index contributed by atoms with van der Waals surface area (Å²) in [6.45, 7) is 2.02. The van der Waals surface area contributed by atoms with Gasteiger partial charge in [0.25, 0.3) is 0 Å². The second-order valence-electron chi connectivity index (χ2n) is 4.55. The van der Waals surface area contributed by atoms with Crippen molar-refractivity contribution in [1.82, 2.24) is 4.98 Å². The molecule has 0 amide bonds. The molecule has 0 aliphatic heterocycles. The Labute approximate surface area is 110 Å². The van der Waals surface area contributed by atoms with Crippen molar-refractivity contribution < 1.29 is 9.90 Å². The van der Waals surface area contributed by atoms with Gasteiger partial charge in [0.05, 0.1) is 0 Å². The summed E-state index contributed by atoms with van der Waals surface area (Å²) in [5, 5.41) is 9.99. The lowest BCUT2D eigenvalue weighted by Crippen LogP contribution is -1.94. The number of aromatic nitrogens is 1. The predicted octanol–water partition coefficient (Wildman–Crippen LogP) is 3.84. The van der Waals surface area contributed by atoms with Crippen molar-refractivity contribution in [3.8, 4) is 11.1 Å². The van der Waals surface area contributed by atoms with Crippen molar-refractivity contribution in [2.75, 3.05) is 0 Å². The quantitative estimate of drug-likeness (QED) is 0.727. The van der Waals surface area contributed by atoms with Gasteiger partial charge in [0.2, 0.25) is 0 Å².